The first-order valence-corrected chi connectivity index (χ1v) is 4.81. The molecule has 0 aliphatic heterocycles. The molecule has 0 N–H and O–H groups in total. The summed E-state index contributed by atoms with van der Waals surface area (Å²) in [7, 11) is 4.05. The number of rotatable bonds is 1. The fraction of sp³-hybridized carbons (Fsp3) is 0.385. The van der Waals surface area contributed by atoms with E-state index >= 15 is 0 Å². The number of hydrogen-bond donors (Lipinski definition) is 0. The van der Waals surface area contributed by atoms with Crippen LogP contribution in [0.2, 0.25) is 0 Å². The number of benzene rings is 1. The second-order valence-corrected chi connectivity index (χ2v) is 3.79. The van der Waals surface area contributed by atoms with Crippen molar-refractivity contribution in [3.63, 3.8) is 0 Å². The second-order valence-electron chi connectivity index (χ2n) is 3.79. The molecule has 0 heterocycles. The topological polar surface area (TPSA) is 3.24 Å². The summed E-state index contributed by atoms with van der Waals surface area (Å²) in [5.74, 6) is 6.34. The number of nitrogens with zero attached hydrogens (tertiary/aromatic N) is 1. The highest BCUT2D eigenvalue weighted by molar-refractivity contribution is 5.44. The average molecular weight is 187 g/mol. The summed E-state index contributed by atoms with van der Waals surface area (Å²) in [4.78, 5) is 2.07. The first-order chi connectivity index (χ1) is 6.61. The van der Waals surface area contributed by atoms with Crippen LogP contribution in [0.15, 0.2) is 18.2 Å². The lowest BCUT2D eigenvalue weighted by atomic mass is 10.0. The normalized spacial score (nSPS) is 9.79. The molecule has 0 aromatic heterocycles. The van der Waals surface area contributed by atoms with Gasteiger partial charge in [0, 0.05) is 5.56 Å². The lowest BCUT2D eigenvalue weighted by Crippen LogP contribution is -2.10. The maximum Gasteiger partial charge on any atom is 0.0600 e. The molecule has 0 aliphatic rings. The van der Waals surface area contributed by atoms with Gasteiger partial charge in [-0.1, -0.05) is 24.0 Å². The largest absolute Gasteiger partial charge is 0.299 e. The Hall–Kier alpha value is -1.26. The van der Waals surface area contributed by atoms with Crippen LogP contribution >= 0.6 is 0 Å². The minimum atomic E-state index is 0.813. The smallest absolute Gasteiger partial charge is 0.0600 e. The average Bonchev–Trinajstić information content (AvgIpc) is 2.12. The molecule has 74 valence electrons. The Morgan fingerprint density at radius 3 is 2.57 bits per heavy atom. The maximum absolute atomic E-state index is 3.19. The third-order valence-electron chi connectivity index (χ3n) is 2.22. The highest BCUT2D eigenvalue weighted by Gasteiger charge is 1.95. The predicted octanol–water partition coefficient (Wildman–Crippen LogP) is 2.22. The second kappa shape index (κ2) is 4.83. The maximum atomic E-state index is 3.19. The summed E-state index contributed by atoms with van der Waals surface area (Å²) in [6, 6.07) is 6.25. The first-order valence-electron chi connectivity index (χ1n) is 4.81. The monoisotopic (exact) mass is 187 g/mol. The Bertz CT molecular complexity index is 367. The van der Waals surface area contributed by atoms with E-state index in [1.807, 2.05) is 14.1 Å². The Morgan fingerprint density at radius 1 is 1.21 bits per heavy atom. The summed E-state index contributed by atoms with van der Waals surface area (Å²) >= 11 is 0. The van der Waals surface area contributed by atoms with E-state index in [4.69, 9.17) is 0 Å². The SMILES string of the molecule is Cc1cccc(C#CCN(C)C)c1C. The van der Waals surface area contributed by atoms with Crippen LogP contribution in [0.1, 0.15) is 16.7 Å². The van der Waals surface area contributed by atoms with Gasteiger partial charge in [-0.15, -0.1) is 0 Å². The van der Waals surface area contributed by atoms with E-state index in [-0.39, 0.29) is 0 Å². The Balaban J connectivity index is 2.85. The summed E-state index contributed by atoms with van der Waals surface area (Å²) in [6.07, 6.45) is 0. The third kappa shape index (κ3) is 2.90. The first kappa shape index (κ1) is 10.8. The van der Waals surface area contributed by atoms with E-state index in [2.05, 4.69) is 48.8 Å². The Kier molecular flexibility index (Phi) is 3.73. The van der Waals surface area contributed by atoms with Crippen molar-refractivity contribution in [2.75, 3.05) is 20.6 Å². The summed E-state index contributed by atoms with van der Waals surface area (Å²) < 4.78 is 0. The zero-order chi connectivity index (χ0) is 10.6. The van der Waals surface area contributed by atoms with Gasteiger partial charge in [-0.2, -0.15) is 0 Å². The van der Waals surface area contributed by atoms with Crippen LogP contribution in [0.25, 0.3) is 0 Å². The molecule has 1 nitrogen and oxygen atoms in total. The molecule has 0 spiro atoms. The molecule has 0 atom stereocenters. The molecule has 0 saturated carbocycles. The van der Waals surface area contributed by atoms with E-state index in [0.29, 0.717) is 0 Å². The van der Waals surface area contributed by atoms with Gasteiger partial charge in [0.2, 0.25) is 0 Å². The number of hydrogen-bond acceptors (Lipinski definition) is 1. The van der Waals surface area contributed by atoms with Crippen LogP contribution in [0.5, 0.6) is 0 Å². The molecular weight excluding hydrogens is 170 g/mol. The standard InChI is InChI=1S/C13H17N/c1-11-7-5-8-13(12(11)2)9-6-10-14(3)4/h5,7-8H,10H2,1-4H3. The van der Waals surface area contributed by atoms with Crippen molar-refractivity contribution in [3.8, 4) is 11.8 Å². The van der Waals surface area contributed by atoms with Crippen molar-refractivity contribution in [3.05, 3.63) is 34.9 Å². The van der Waals surface area contributed by atoms with Crippen LogP contribution in [0.4, 0.5) is 0 Å². The van der Waals surface area contributed by atoms with Gasteiger partial charge in [-0.05, 0) is 45.1 Å². The predicted molar refractivity (Wildman–Crippen MR) is 61.3 cm³/mol. The molecule has 0 bridgehead atoms. The van der Waals surface area contributed by atoms with Gasteiger partial charge in [0.25, 0.3) is 0 Å². The van der Waals surface area contributed by atoms with E-state index in [1.54, 1.807) is 0 Å². The molecule has 0 aliphatic carbocycles. The summed E-state index contributed by atoms with van der Waals surface area (Å²) in [5.41, 5.74) is 3.74. The molecular formula is C13H17N. The van der Waals surface area contributed by atoms with Gasteiger partial charge in [0.1, 0.15) is 0 Å². The minimum absolute atomic E-state index is 0.813. The molecule has 0 unspecified atom stereocenters. The van der Waals surface area contributed by atoms with Crippen molar-refractivity contribution >= 4 is 0 Å². The van der Waals surface area contributed by atoms with Gasteiger partial charge < -0.3 is 0 Å². The van der Waals surface area contributed by atoms with Crippen molar-refractivity contribution < 1.29 is 0 Å². The van der Waals surface area contributed by atoms with Crippen molar-refractivity contribution in [1.29, 1.82) is 0 Å². The van der Waals surface area contributed by atoms with Crippen molar-refractivity contribution in [2.45, 2.75) is 13.8 Å². The van der Waals surface area contributed by atoms with E-state index in [9.17, 15) is 0 Å². The highest BCUT2D eigenvalue weighted by atomic mass is 15.0. The molecule has 0 radical (unpaired) electrons. The fourth-order valence-electron chi connectivity index (χ4n) is 1.18. The molecule has 14 heavy (non-hydrogen) atoms. The summed E-state index contributed by atoms with van der Waals surface area (Å²) in [5, 5.41) is 0. The van der Waals surface area contributed by atoms with Gasteiger partial charge in [-0.3, -0.25) is 4.90 Å². The van der Waals surface area contributed by atoms with Crippen molar-refractivity contribution in [1.82, 2.24) is 4.90 Å². The van der Waals surface area contributed by atoms with E-state index in [0.717, 1.165) is 12.1 Å². The molecule has 1 rings (SSSR count). The lowest BCUT2D eigenvalue weighted by Gasteiger charge is -2.03. The van der Waals surface area contributed by atoms with Gasteiger partial charge in [-0.25, -0.2) is 0 Å². The van der Waals surface area contributed by atoms with Crippen LogP contribution in [-0.2, 0) is 0 Å². The minimum Gasteiger partial charge on any atom is -0.299 e. The van der Waals surface area contributed by atoms with Crippen LogP contribution in [0, 0.1) is 25.7 Å². The van der Waals surface area contributed by atoms with E-state index in [1.165, 1.54) is 11.1 Å². The molecule has 0 amide bonds. The lowest BCUT2D eigenvalue weighted by molar-refractivity contribution is 0.464. The van der Waals surface area contributed by atoms with E-state index < -0.39 is 0 Å². The van der Waals surface area contributed by atoms with Crippen LogP contribution < -0.4 is 0 Å². The molecule has 1 heteroatoms. The van der Waals surface area contributed by atoms with Crippen LogP contribution in [-0.4, -0.2) is 25.5 Å². The summed E-state index contributed by atoms with van der Waals surface area (Å²) in [6.45, 7) is 5.05. The van der Waals surface area contributed by atoms with Crippen LogP contribution in [0.3, 0.4) is 0 Å². The van der Waals surface area contributed by atoms with Gasteiger partial charge in [0.15, 0.2) is 0 Å². The molecule has 0 fully saturated rings. The zero-order valence-electron chi connectivity index (χ0n) is 9.39. The highest BCUT2D eigenvalue weighted by Crippen LogP contribution is 2.10. The number of aryl methyl sites for hydroxylation is 1. The Morgan fingerprint density at radius 2 is 1.93 bits per heavy atom. The fourth-order valence-corrected chi connectivity index (χ4v) is 1.18. The molecule has 1 aromatic rings. The van der Waals surface area contributed by atoms with Crippen molar-refractivity contribution in [2.24, 2.45) is 0 Å². The Labute approximate surface area is 86.7 Å². The third-order valence-corrected chi connectivity index (χ3v) is 2.22. The van der Waals surface area contributed by atoms with Gasteiger partial charge in [0.05, 0.1) is 6.54 Å². The quantitative estimate of drug-likeness (QED) is 0.609. The zero-order valence-corrected chi connectivity index (χ0v) is 9.39. The van der Waals surface area contributed by atoms with Gasteiger partial charge >= 0.3 is 0 Å². The molecule has 0 saturated heterocycles. The molecule has 1 aromatic carbocycles.